The van der Waals surface area contributed by atoms with Crippen LogP contribution >= 0.6 is 11.3 Å². The Labute approximate surface area is 120 Å². The van der Waals surface area contributed by atoms with Gasteiger partial charge in [-0.05, 0) is 37.6 Å². The number of hydrogen-bond donors (Lipinski definition) is 3. The van der Waals surface area contributed by atoms with Crippen LogP contribution in [0.15, 0.2) is 24.3 Å². The number of nitro benzene ring substituents is 1. The van der Waals surface area contributed by atoms with Crippen molar-refractivity contribution in [1.29, 1.82) is 0 Å². The average molecular weight is 292 g/mol. The summed E-state index contributed by atoms with van der Waals surface area (Å²) in [6.45, 7) is 4.66. The lowest BCUT2D eigenvalue weighted by molar-refractivity contribution is -0.383. The summed E-state index contributed by atoms with van der Waals surface area (Å²) >= 11 is 1.69. The van der Waals surface area contributed by atoms with Crippen LogP contribution in [0.5, 0.6) is 0 Å². The van der Waals surface area contributed by atoms with Gasteiger partial charge in [0.05, 0.1) is 4.92 Å². The highest BCUT2D eigenvalue weighted by molar-refractivity contribution is 7.12. The first-order chi connectivity index (χ1) is 9.52. The molecule has 0 aliphatic rings. The van der Waals surface area contributed by atoms with E-state index in [1.54, 1.807) is 29.5 Å². The number of nitrogen functional groups attached to an aromatic ring is 1. The summed E-state index contributed by atoms with van der Waals surface area (Å²) in [6.07, 6.45) is 0. The molecule has 0 aliphatic heterocycles. The Bertz CT molecular complexity index is 620. The number of nitrogens with two attached hydrogens (primary N) is 1. The Kier molecular flexibility index (Phi) is 4.21. The number of rotatable bonds is 5. The second-order valence-corrected chi connectivity index (χ2v) is 5.75. The molecule has 0 saturated carbocycles. The molecule has 106 valence electrons. The van der Waals surface area contributed by atoms with Crippen molar-refractivity contribution < 1.29 is 4.92 Å². The Morgan fingerprint density at radius 3 is 2.60 bits per heavy atom. The molecule has 0 radical (unpaired) electrons. The summed E-state index contributed by atoms with van der Waals surface area (Å²) in [7, 11) is 0. The molecule has 7 heteroatoms. The molecule has 0 atom stereocenters. The van der Waals surface area contributed by atoms with Gasteiger partial charge in [-0.15, -0.1) is 11.3 Å². The molecule has 6 nitrogen and oxygen atoms in total. The van der Waals surface area contributed by atoms with E-state index in [2.05, 4.69) is 30.7 Å². The van der Waals surface area contributed by atoms with Crippen molar-refractivity contribution in [2.24, 2.45) is 5.84 Å². The molecule has 0 aliphatic carbocycles. The van der Waals surface area contributed by atoms with Crippen LogP contribution in [0.1, 0.15) is 15.3 Å². The highest BCUT2D eigenvalue weighted by Gasteiger charge is 2.18. The van der Waals surface area contributed by atoms with Gasteiger partial charge in [0.25, 0.3) is 0 Å². The summed E-state index contributed by atoms with van der Waals surface area (Å²) in [6, 6.07) is 7.05. The first kappa shape index (κ1) is 14.3. The second-order valence-electron chi connectivity index (χ2n) is 4.41. The lowest BCUT2D eigenvalue weighted by Gasteiger charge is -2.08. The van der Waals surface area contributed by atoms with Crippen molar-refractivity contribution in [1.82, 2.24) is 0 Å². The van der Waals surface area contributed by atoms with Crippen molar-refractivity contribution >= 4 is 28.4 Å². The van der Waals surface area contributed by atoms with Crippen LogP contribution in [-0.4, -0.2) is 4.92 Å². The molecular weight excluding hydrogens is 276 g/mol. The normalized spacial score (nSPS) is 10.3. The van der Waals surface area contributed by atoms with Gasteiger partial charge in [0, 0.05) is 16.3 Å². The van der Waals surface area contributed by atoms with Crippen molar-refractivity contribution in [3.63, 3.8) is 0 Å². The SMILES string of the molecule is Cc1cc(CNc2cccc(NN)c2[N+](=O)[O-])sc1C. The standard InChI is InChI=1S/C13H16N4O2S/c1-8-6-10(20-9(8)2)7-15-11-4-3-5-12(16-14)13(11)17(18)19/h3-6,15-16H,7,14H2,1-2H3. The first-order valence-electron chi connectivity index (χ1n) is 6.06. The number of para-hydroxylation sites is 1. The van der Waals surface area contributed by atoms with Crippen LogP contribution < -0.4 is 16.6 Å². The number of benzene rings is 1. The highest BCUT2D eigenvalue weighted by Crippen LogP contribution is 2.33. The number of thiophene rings is 1. The smallest absolute Gasteiger partial charge is 0.316 e. The lowest BCUT2D eigenvalue weighted by atomic mass is 10.2. The van der Waals surface area contributed by atoms with Gasteiger partial charge in [0.2, 0.25) is 0 Å². The van der Waals surface area contributed by atoms with E-state index in [0.717, 1.165) is 4.88 Å². The van der Waals surface area contributed by atoms with Gasteiger partial charge >= 0.3 is 5.69 Å². The van der Waals surface area contributed by atoms with Crippen LogP contribution in [-0.2, 0) is 6.54 Å². The summed E-state index contributed by atoms with van der Waals surface area (Å²) in [5, 5.41) is 14.2. The number of nitrogens with one attached hydrogen (secondary N) is 2. The Morgan fingerprint density at radius 2 is 2.05 bits per heavy atom. The molecule has 0 spiro atoms. The molecule has 0 amide bonds. The average Bonchev–Trinajstić information content (AvgIpc) is 2.74. The minimum atomic E-state index is -0.442. The Hall–Kier alpha value is -2.12. The molecule has 1 aromatic carbocycles. The fourth-order valence-electron chi connectivity index (χ4n) is 1.92. The van der Waals surface area contributed by atoms with E-state index in [-0.39, 0.29) is 5.69 Å². The maximum Gasteiger partial charge on any atom is 0.316 e. The number of nitro groups is 1. The van der Waals surface area contributed by atoms with E-state index in [9.17, 15) is 10.1 Å². The van der Waals surface area contributed by atoms with Crippen molar-refractivity contribution in [3.8, 4) is 0 Å². The van der Waals surface area contributed by atoms with Crippen LogP contribution in [0.4, 0.5) is 17.1 Å². The number of aryl methyl sites for hydroxylation is 2. The zero-order valence-corrected chi connectivity index (χ0v) is 12.1. The summed E-state index contributed by atoms with van der Waals surface area (Å²) < 4.78 is 0. The Morgan fingerprint density at radius 1 is 1.35 bits per heavy atom. The van der Waals surface area contributed by atoms with E-state index >= 15 is 0 Å². The molecule has 2 rings (SSSR count). The monoisotopic (exact) mass is 292 g/mol. The van der Waals surface area contributed by atoms with Gasteiger partial charge in [0.15, 0.2) is 0 Å². The van der Waals surface area contributed by atoms with Crippen molar-refractivity contribution in [2.45, 2.75) is 20.4 Å². The zero-order chi connectivity index (χ0) is 14.7. The quantitative estimate of drug-likeness (QED) is 0.447. The van der Waals surface area contributed by atoms with Crippen LogP contribution in [0.25, 0.3) is 0 Å². The Balaban J connectivity index is 2.23. The minimum Gasteiger partial charge on any atom is -0.375 e. The highest BCUT2D eigenvalue weighted by atomic mass is 32.1. The molecule has 1 aromatic heterocycles. The zero-order valence-electron chi connectivity index (χ0n) is 11.3. The van der Waals surface area contributed by atoms with E-state index in [1.807, 2.05) is 0 Å². The fraction of sp³-hybridized carbons (Fsp3) is 0.231. The minimum absolute atomic E-state index is 0.0417. The van der Waals surface area contributed by atoms with E-state index in [1.165, 1.54) is 10.4 Å². The molecule has 4 N–H and O–H groups in total. The van der Waals surface area contributed by atoms with Crippen molar-refractivity contribution in [3.05, 3.63) is 49.7 Å². The van der Waals surface area contributed by atoms with E-state index in [0.29, 0.717) is 17.9 Å². The maximum absolute atomic E-state index is 11.1. The molecule has 2 aromatic rings. The number of hydrazine groups is 1. The summed E-state index contributed by atoms with van der Waals surface area (Å²) in [5.41, 5.74) is 4.29. The van der Waals surface area contributed by atoms with Crippen LogP contribution in [0, 0.1) is 24.0 Å². The van der Waals surface area contributed by atoms with Crippen LogP contribution in [0.2, 0.25) is 0 Å². The molecule has 20 heavy (non-hydrogen) atoms. The van der Waals surface area contributed by atoms with Crippen LogP contribution in [0.3, 0.4) is 0 Å². The van der Waals surface area contributed by atoms with E-state index < -0.39 is 4.92 Å². The predicted molar refractivity (Wildman–Crippen MR) is 82.0 cm³/mol. The molecule has 0 bridgehead atoms. The van der Waals surface area contributed by atoms with Gasteiger partial charge in [0.1, 0.15) is 11.4 Å². The predicted octanol–water partition coefficient (Wildman–Crippen LogP) is 3.17. The van der Waals surface area contributed by atoms with E-state index in [4.69, 9.17) is 5.84 Å². The number of nitrogens with zero attached hydrogens (tertiary/aromatic N) is 1. The molecule has 0 fully saturated rings. The van der Waals surface area contributed by atoms with Crippen molar-refractivity contribution in [2.75, 3.05) is 10.7 Å². The third-order valence-electron chi connectivity index (χ3n) is 3.04. The van der Waals surface area contributed by atoms with Gasteiger partial charge < -0.3 is 10.7 Å². The van der Waals surface area contributed by atoms with Gasteiger partial charge in [-0.25, -0.2) is 0 Å². The largest absolute Gasteiger partial charge is 0.375 e. The third kappa shape index (κ3) is 2.89. The molecule has 0 saturated heterocycles. The fourth-order valence-corrected chi connectivity index (χ4v) is 2.91. The summed E-state index contributed by atoms with van der Waals surface area (Å²) in [4.78, 5) is 13.1. The number of hydrogen-bond acceptors (Lipinski definition) is 6. The van der Waals surface area contributed by atoms with Gasteiger partial charge in [-0.1, -0.05) is 6.07 Å². The van der Waals surface area contributed by atoms with Gasteiger partial charge in [-0.2, -0.15) is 0 Å². The lowest BCUT2D eigenvalue weighted by Crippen LogP contribution is -2.10. The third-order valence-corrected chi connectivity index (χ3v) is 4.20. The second kappa shape index (κ2) is 5.89. The molecule has 1 heterocycles. The molecular formula is C13H16N4O2S. The van der Waals surface area contributed by atoms with Gasteiger partial charge in [-0.3, -0.25) is 16.0 Å². The maximum atomic E-state index is 11.1. The first-order valence-corrected chi connectivity index (χ1v) is 6.88. The molecule has 0 unspecified atom stereocenters. The summed E-state index contributed by atoms with van der Waals surface area (Å²) in [5.74, 6) is 5.31. The number of anilines is 2. The topological polar surface area (TPSA) is 93.2 Å².